The first-order valence-electron chi connectivity index (χ1n) is 6.86. The number of methoxy groups -OCH3 is 1. The van der Waals surface area contributed by atoms with Gasteiger partial charge in [-0.05, 0) is 38.0 Å². The fourth-order valence-corrected chi connectivity index (χ4v) is 3.88. The first-order chi connectivity index (χ1) is 9.12. The highest BCUT2D eigenvalue weighted by Gasteiger charge is 2.46. The monoisotopic (exact) mass is 280 g/mol. The van der Waals surface area contributed by atoms with Crippen LogP contribution in [0.1, 0.15) is 41.2 Å². The maximum Gasteiger partial charge on any atom is 0.273 e. The summed E-state index contributed by atoms with van der Waals surface area (Å²) in [6.45, 7) is 3.67. The number of hydrogen-bond donors (Lipinski definition) is 0. The standard InChI is InChI=1S/C14H20N2O2S/c1-10-15-12(9-19-10)13(17)16-5-3-14(4-6-16)7-11(8-14)18-2/h9,11H,3-8H2,1-2H3. The van der Waals surface area contributed by atoms with E-state index in [2.05, 4.69) is 4.98 Å². The van der Waals surface area contributed by atoms with Crippen LogP contribution in [0, 0.1) is 12.3 Å². The molecule has 5 heteroatoms. The molecule has 0 radical (unpaired) electrons. The van der Waals surface area contributed by atoms with Gasteiger partial charge < -0.3 is 9.64 Å². The fraction of sp³-hybridized carbons (Fsp3) is 0.714. The minimum absolute atomic E-state index is 0.0989. The van der Waals surface area contributed by atoms with Crippen LogP contribution in [0.25, 0.3) is 0 Å². The van der Waals surface area contributed by atoms with Crippen molar-refractivity contribution < 1.29 is 9.53 Å². The molecule has 0 unspecified atom stereocenters. The average molecular weight is 280 g/mol. The number of piperidine rings is 1. The molecule has 1 saturated heterocycles. The quantitative estimate of drug-likeness (QED) is 0.836. The highest BCUT2D eigenvalue weighted by atomic mass is 32.1. The second kappa shape index (κ2) is 4.87. The molecule has 1 aliphatic heterocycles. The van der Waals surface area contributed by atoms with Crippen molar-refractivity contribution >= 4 is 17.2 Å². The van der Waals surface area contributed by atoms with Gasteiger partial charge in [-0.2, -0.15) is 0 Å². The molecule has 1 aromatic rings. The number of carbonyl (C=O) groups is 1. The van der Waals surface area contributed by atoms with Crippen molar-refractivity contribution in [3.63, 3.8) is 0 Å². The zero-order chi connectivity index (χ0) is 13.5. The van der Waals surface area contributed by atoms with Crippen LogP contribution in [0.2, 0.25) is 0 Å². The van der Waals surface area contributed by atoms with Crippen molar-refractivity contribution in [2.75, 3.05) is 20.2 Å². The van der Waals surface area contributed by atoms with Gasteiger partial charge in [0.15, 0.2) is 0 Å². The summed E-state index contributed by atoms with van der Waals surface area (Å²) in [7, 11) is 1.79. The molecule has 2 fully saturated rings. The molecular formula is C14H20N2O2S. The number of carbonyl (C=O) groups excluding carboxylic acids is 1. The number of hydrogen-bond acceptors (Lipinski definition) is 4. The number of amides is 1. The van der Waals surface area contributed by atoms with Crippen LogP contribution in [-0.2, 0) is 4.74 Å². The van der Waals surface area contributed by atoms with Gasteiger partial charge in [-0.1, -0.05) is 0 Å². The fourth-order valence-electron chi connectivity index (χ4n) is 3.29. The lowest BCUT2D eigenvalue weighted by molar-refractivity contribution is -0.0841. The molecule has 0 aromatic carbocycles. The summed E-state index contributed by atoms with van der Waals surface area (Å²) in [6, 6.07) is 0. The van der Waals surface area contributed by atoms with Gasteiger partial charge in [-0.3, -0.25) is 4.79 Å². The SMILES string of the molecule is COC1CC2(CCN(C(=O)c3csc(C)n3)CC2)C1. The van der Waals surface area contributed by atoms with E-state index in [0.717, 1.165) is 30.9 Å². The predicted molar refractivity (Wildman–Crippen MR) is 74.5 cm³/mol. The summed E-state index contributed by atoms with van der Waals surface area (Å²) in [6.07, 6.45) is 5.01. The molecule has 1 spiro atoms. The molecule has 104 valence electrons. The van der Waals surface area contributed by atoms with Crippen LogP contribution in [-0.4, -0.2) is 42.1 Å². The number of thiazole rings is 1. The van der Waals surface area contributed by atoms with E-state index in [1.807, 2.05) is 17.2 Å². The van der Waals surface area contributed by atoms with Crippen molar-refractivity contribution in [3.05, 3.63) is 16.1 Å². The molecule has 0 atom stereocenters. The number of likely N-dealkylation sites (tertiary alicyclic amines) is 1. The number of rotatable bonds is 2. The van der Waals surface area contributed by atoms with E-state index in [4.69, 9.17) is 4.74 Å². The minimum Gasteiger partial charge on any atom is -0.381 e. The number of aryl methyl sites for hydroxylation is 1. The number of aromatic nitrogens is 1. The van der Waals surface area contributed by atoms with E-state index in [1.165, 1.54) is 12.8 Å². The Kier molecular flexibility index (Phi) is 3.35. The normalized spacial score (nSPS) is 22.5. The van der Waals surface area contributed by atoms with Crippen LogP contribution in [0.3, 0.4) is 0 Å². The summed E-state index contributed by atoms with van der Waals surface area (Å²) >= 11 is 1.54. The molecule has 2 heterocycles. The van der Waals surface area contributed by atoms with Crippen molar-refractivity contribution in [2.45, 2.75) is 38.7 Å². The molecule has 2 aliphatic rings. The number of nitrogens with zero attached hydrogens (tertiary/aromatic N) is 2. The topological polar surface area (TPSA) is 42.4 Å². The summed E-state index contributed by atoms with van der Waals surface area (Å²) < 4.78 is 5.37. The predicted octanol–water partition coefficient (Wildman–Crippen LogP) is 2.48. The van der Waals surface area contributed by atoms with E-state index in [9.17, 15) is 4.79 Å². The highest BCUT2D eigenvalue weighted by Crippen LogP contribution is 2.50. The van der Waals surface area contributed by atoms with Gasteiger partial charge in [0, 0.05) is 25.6 Å². The third-order valence-corrected chi connectivity index (χ3v) is 5.38. The van der Waals surface area contributed by atoms with Crippen LogP contribution in [0.15, 0.2) is 5.38 Å². The molecule has 0 N–H and O–H groups in total. The lowest BCUT2D eigenvalue weighted by atomic mass is 9.61. The average Bonchev–Trinajstić information content (AvgIpc) is 2.82. The van der Waals surface area contributed by atoms with Crippen LogP contribution < -0.4 is 0 Å². The second-order valence-corrected chi connectivity index (χ2v) is 6.87. The molecule has 19 heavy (non-hydrogen) atoms. The summed E-state index contributed by atoms with van der Waals surface area (Å²) in [5.41, 5.74) is 1.07. The summed E-state index contributed by atoms with van der Waals surface area (Å²) in [5.74, 6) is 0.0989. The second-order valence-electron chi connectivity index (χ2n) is 5.81. The Morgan fingerprint density at radius 2 is 2.16 bits per heavy atom. The Hall–Kier alpha value is -0.940. The lowest BCUT2D eigenvalue weighted by Gasteiger charge is -2.51. The zero-order valence-corrected chi connectivity index (χ0v) is 12.3. The van der Waals surface area contributed by atoms with Crippen LogP contribution in [0.5, 0.6) is 0 Å². The van der Waals surface area contributed by atoms with Gasteiger partial charge in [-0.25, -0.2) is 4.98 Å². The van der Waals surface area contributed by atoms with Crippen LogP contribution in [0.4, 0.5) is 0 Å². The van der Waals surface area contributed by atoms with Gasteiger partial charge in [-0.15, -0.1) is 11.3 Å². The Balaban J connectivity index is 1.57. The molecule has 1 saturated carbocycles. The van der Waals surface area contributed by atoms with Gasteiger partial charge in [0.05, 0.1) is 11.1 Å². The maximum absolute atomic E-state index is 12.3. The Morgan fingerprint density at radius 1 is 1.47 bits per heavy atom. The molecule has 1 aliphatic carbocycles. The van der Waals surface area contributed by atoms with E-state index < -0.39 is 0 Å². The molecule has 4 nitrogen and oxygen atoms in total. The molecule has 1 aromatic heterocycles. The molecule has 3 rings (SSSR count). The van der Waals surface area contributed by atoms with Crippen molar-refractivity contribution in [2.24, 2.45) is 5.41 Å². The molecule has 0 bridgehead atoms. The molecule has 1 amide bonds. The van der Waals surface area contributed by atoms with Crippen molar-refractivity contribution in [1.29, 1.82) is 0 Å². The van der Waals surface area contributed by atoms with E-state index in [-0.39, 0.29) is 5.91 Å². The first-order valence-corrected chi connectivity index (χ1v) is 7.74. The minimum atomic E-state index is 0.0989. The van der Waals surface area contributed by atoms with E-state index in [0.29, 0.717) is 17.2 Å². The van der Waals surface area contributed by atoms with E-state index in [1.54, 1.807) is 18.4 Å². The lowest BCUT2D eigenvalue weighted by Crippen LogP contribution is -2.50. The van der Waals surface area contributed by atoms with Gasteiger partial charge >= 0.3 is 0 Å². The third kappa shape index (κ3) is 2.41. The van der Waals surface area contributed by atoms with Crippen molar-refractivity contribution in [3.8, 4) is 0 Å². The smallest absolute Gasteiger partial charge is 0.273 e. The molecular weight excluding hydrogens is 260 g/mol. The van der Waals surface area contributed by atoms with Crippen molar-refractivity contribution in [1.82, 2.24) is 9.88 Å². The first kappa shape index (κ1) is 13.1. The van der Waals surface area contributed by atoms with Crippen LogP contribution >= 0.6 is 11.3 Å². The Morgan fingerprint density at radius 3 is 2.68 bits per heavy atom. The Bertz CT molecular complexity index is 470. The zero-order valence-electron chi connectivity index (χ0n) is 11.5. The van der Waals surface area contributed by atoms with Gasteiger partial charge in [0.2, 0.25) is 0 Å². The van der Waals surface area contributed by atoms with Gasteiger partial charge in [0.1, 0.15) is 5.69 Å². The third-order valence-electron chi connectivity index (χ3n) is 4.60. The van der Waals surface area contributed by atoms with E-state index >= 15 is 0 Å². The maximum atomic E-state index is 12.3. The summed E-state index contributed by atoms with van der Waals surface area (Å²) in [5, 5.41) is 2.82. The largest absolute Gasteiger partial charge is 0.381 e. The Labute approximate surface area is 117 Å². The number of ether oxygens (including phenoxy) is 1. The highest BCUT2D eigenvalue weighted by molar-refractivity contribution is 7.09. The van der Waals surface area contributed by atoms with Gasteiger partial charge in [0.25, 0.3) is 5.91 Å². The summed E-state index contributed by atoms with van der Waals surface area (Å²) in [4.78, 5) is 18.5.